The first-order chi connectivity index (χ1) is 10.5. The van der Waals surface area contributed by atoms with Crippen molar-refractivity contribution >= 4 is 11.9 Å². The topological polar surface area (TPSA) is 52.6 Å². The second-order valence-corrected chi connectivity index (χ2v) is 5.63. The molecule has 1 aliphatic heterocycles. The lowest BCUT2D eigenvalue weighted by molar-refractivity contribution is -0.154. The first-order valence-corrected chi connectivity index (χ1v) is 8.25. The van der Waals surface area contributed by atoms with Crippen LogP contribution in [-0.2, 0) is 19.1 Å². The fourth-order valence-electron chi connectivity index (χ4n) is 3.16. The summed E-state index contributed by atoms with van der Waals surface area (Å²) in [5.74, 6) is -0.922. The van der Waals surface area contributed by atoms with E-state index >= 15 is 0 Å². The molecule has 0 aromatic heterocycles. The van der Waals surface area contributed by atoms with E-state index in [-0.39, 0.29) is 0 Å². The summed E-state index contributed by atoms with van der Waals surface area (Å²) in [7, 11) is 1.31. The molecule has 0 radical (unpaired) electrons. The quantitative estimate of drug-likeness (QED) is 0.525. The largest absolute Gasteiger partial charge is 0.466 e. The Balaban J connectivity index is 3.54. The average Bonchev–Trinajstić information content (AvgIpc) is 2.53. The van der Waals surface area contributed by atoms with E-state index in [0.717, 1.165) is 44.1 Å². The van der Waals surface area contributed by atoms with Gasteiger partial charge in [0, 0.05) is 6.08 Å². The minimum absolute atomic E-state index is 0.370. The number of hydrogen-bond donors (Lipinski definition) is 0. The van der Waals surface area contributed by atoms with Gasteiger partial charge >= 0.3 is 11.9 Å². The van der Waals surface area contributed by atoms with E-state index in [2.05, 4.69) is 18.6 Å². The Hall–Kier alpha value is -1.58. The monoisotopic (exact) mass is 308 g/mol. The highest BCUT2D eigenvalue weighted by atomic mass is 16.6. The van der Waals surface area contributed by atoms with Crippen molar-refractivity contribution in [2.45, 2.75) is 71.8 Å². The van der Waals surface area contributed by atoms with Crippen LogP contribution >= 0.6 is 0 Å². The molecule has 0 unspecified atom stereocenters. The van der Waals surface area contributed by atoms with Gasteiger partial charge in [-0.3, -0.25) is 0 Å². The van der Waals surface area contributed by atoms with E-state index in [1.165, 1.54) is 18.8 Å². The molecule has 0 bridgehead atoms. The Kier molecular flexibility index (Phi) is 6.85. The molecule has 1 heterocycles. The third-order valence-corrected chi connectivity index (χ3v) is 4.35. The lowest BCUT2D eigenvalue weighted by Crippen LogP contribution is -2.41. The van der Waals surface area contributed by atoms with E-state index in [1.807, 2.05) is 13.8 Å². The molecule has 0 saturated carbocycles. The number of ether oxygens (including phenoxy) is 2. The molecular weight excluding hydrogens is 280 g/mol. The van der Waals surface area contributed by atoms with E-state index in [9.17, 15) is 9.59 Å². The van der Waals surface area contributed by atoms with Crippen LogP contribution in [0.5, 0.6) is 0 Å². The van der Waals surface area contributed by atoms with Crippen LogP contribution in [0.25, 0.3) is 0 Å². The van der Waals surface area contributed by atoms with Crippen molar-refractivity contribution in [2.75, 3.05) is 7.11 Å². The van der Waals surface area contributed by atoms with Gasteiger partial charge in [-0.05, 0) is 36.8 Å². The number of rotatable bonds is 7. The molecule has 0 saturated heterocycles. The fraction of sp³-hybridized carbons (Fsp3) is 0.667. The van der Waals surface area contributed by atoms with E-state index in [1.54, 1.807) is 0 Å². The van der Waals surface area contributed by atoms with Gasteiger partial charge < -0.3 is 9.47 Å². The van der Waals surface area contributed by atoms with E-state index in [4.69, 9.17) is 4.74 Å². The summed E-state index contributed by atoms with van der Waals surface area (Å²) >= 11 is 0. The van der Waals surface area contributed by atoms with Crippen LogP contribution in [0.2, 0.25) is 0 Å². The zero-order valence-electron chi connectivity index (χ0n) is 14.5. The first-order valence-electron chi connectivity index (χ1n) is 8.25. The Labute approximate surface area is 133 Å². The molecule has 4 nitrogen and oxygen atoms in total. The summed E-state index contributed by atoms with van der Waals surface area (Å²) < 4.78 is 10.5. The molecule has 4 heteroatoms. The Morgan fingerprint density at radius 1 is 1.14 bits per heavy atom. The molecule has 0 amide bonds. The van der Waals surface area contributed by atoms with Crippen molar-refractivity contribution < 1.29 is 19.1 Å². The summed E-state index contributed by atoms with van der Waals surface area (Å²) in [4.78, 5) is 24.1. The lowest BCUT2D eigenvalue weighted by atomic mass is 9.77. The lowest BCUT2D eigenvalue weighted by Gasteiger charge is -2.40. The first kappa shape index (κ1) is 18.5. The SMILES string of the molecule is CCCC1=C(CCC)C(CC)(CC)OC(=O)/C1=C\C(=O)OC. The molecule has 1 rings (SSSR count). The van der Waals surface area contributed by atoms with E-state index in [0.29, 0.717) is 5.57 Å². The Bertz CT molecular complexity index is 481. The van der Waals surface area contributed by atoms with Crippen LogP contribution in [0.15, 0.2) is 22.8 Å². The van der Waals surface area contributed by atoms with Gasteiger partial charge in [0.15, 0.2) is 0 Å². The Morgan fingerprint density at radius 3 is 2.18 bits per heavy atom. The number of cyclic esters (lactones) is 1. The summed E-state index contributed by atoms with van der Waals surface area (Å²) in [6.45, 7) is 8.29. The molecule has 0 aromatic carbocycles. The van der Waals surface area contributed by atoms with Gasteiger partial charge in [-0.15, -0.1) is 0 Å². The fourth-order valence-corrected chi connectivity index (χ4v) is 3.16. The normalized spacial score (nSPS) is 19.3. The molecule has 0 atom stereocenters. The van der Waals surface area contributed by atoms with Crippen molar-refractivity contribution in [3.05, 3.63) is 22.8 Å². The van der Waals surface area contributed by atoms with Gasteiger partial charge in [-0.2, -0.15) is 0 Å². The summed E-state index contributed by atoms with van der Waals surface area (Å²) in [6, 6.07) is 0. The number of carbonyl (C=O) groups is 2. The van der Waals surface area contributed by atoms with E-state index < -0.39 is 17.5 Å². The zero-order chi connectivity index (χ0) is 16.8. The van der Waals surface area contributed by atoms with Crippen LogP contribution < -0.4 is 0 Å². The van der Waals surface area contributed by atoms with Crippen LogP contribution in [0.3, 0.4) is 0 Å². The molecule has 0 aromatic rings. The highest BCUT2D eigenvalue weighted by molar-refractivity contribution is 6.01. The molecule has 124 valence electrons. The average molecular weight is 308 g/mol. The second-order valence-electron chi connectivity index (χ2n) is 5.63. The minimum Gasteiger partial charge on any atom is -0.466 e. The van der Waals surface area contributed by atoms with Crippen molar-refractivity contribution in [1.29, 1.82) is 0 Å². The predicted octanol–water partition coefficient (Wildman–Crippen LogP) is 4.10. The Morgan fingerprint density at radius 2 is 1.73 bits per heavy atom. The number of carbonyl (C=O) groups excluding carboxylic acids is 2. The predicted molar refractivity (Wildman–Crippen MR) is 86.3 cm³/mol. The third-order valence-electron chi connectivity index (χ3n) is 4.35. The van der Waals surface area contributed by atoms with Crippen molar-refractivity contribution in [3.8, 4) is 0 Å². The van der Waals surface area contributed by atoms with Gasteiger partial charge in [-0.1, -0.05) is 40.5 Å². The third kappa shape index (κ3) is 3.60. The van der Waals surface area contributed by atoms with Gasteiger partial charge in [0.05, 0.1) is 12.7 Å². The maximum atomic E-state index is 12.5. The van der Waals surface area contributed by atoms with Gasteiger partial charge in [0.25, 0.3) is 0 Å². The van der Waals surface area contributed by atoms with Gasteiger partial charge in [-0.25, -0.2) is 9.59 Å². The van der Waals surface area contributed by atoms with Crippen LogP contribution in [0.1, 0.15) is 66.2 Å². The summed E-state index contributed by atoms with van der Waals surface area (Å²) in [6.07, 6.45) is 6.33. The van der Waals surface area contributed by atoms with Gasteiger partial charge in [0.2, 0.25) is 0 Å². The number of esters is 2. The van der Waals surface area contributed by atoms with Crippen molar-refractivity contribution in [1.82, 2.24) is 0 Å². The highest BCUT2D eigenvalue weighted by Crippen LogP contribution is 2.42. The molecule has 0 aliphatic carbocycles. The smallest absolute Gasteiger partial charge is 0.339 e. The molecule has 0 N–H and O–H groups in total. The minimum atomic E-state index is -0.523. The maximum Gasteiger partial charge on any atom is 0.339 e. The molecule has 0 spiro atoms. The second kappa shape index (κ2) is 8.16. The maximum absolute atomic E-state index is 12.5. The number of hydrogen-bond acceptors (Lipinski definition) is 4. The molecule has 1 aliphatic rings. The summed E-state index contributed by atoms with van der Waals surface area (Å²) in [5.41, 5.74) is 2.01. The van der Waals surface area contributed by atoms with Crippen molar-refractivity contribution in [2.24, 2.45) is 0 Å². The van der Waals surface area contributed by atoms with Crippen molar-refractivity contribution in [3.63, 3.8) is 0 Å². The van der Waals surface area contributed by atoms with Crippen LogP contribution in [0.4, 0.5) is 0 Å². The summed E-state index contributed by atoms with van der Waals surface area (Å²) in [5, 5.41) is 0. The standard InChI is InChI=1S/C18H28O4/c1-6-10-13-14(12-16(19)21-5)17(20)22-18(8-3,9-4)15(13)11-7-2/h12H,6-11H2,1-5H3/b14-12-. The molecule has 22 heavy (non-hydrogen) atoms. The van der Waals surface area contributed by atoms with Crippen LogP contribution in [0, 0.1) is 0 Å². The van der Waals surface area contributed by atoms with Crippen LogP contribution in [-0.4, -0.2) is 24.6 Å². The zero-order valence-corrected chi connectivity index (χ0v) is 14.5. The van der Waals surface area contributed by atoms with Gasteiger partial charge in [0.1, 0.15) is 5.60 Å². The molecular formula is C18H28O4. The molecule has 0 fully saturated rings. The highest BCUT2D eigenvalue weighted by Gasteiger charge is 2.42. The number of methoxy groups -OCH3 is 1.